The van der Waals surface area contributed by atoms with Gasteiger partial charge in [-0.05, 0) is 38.4 Å². The quantitative estimate of drug-likeness (QED) is 0.816. The van der Waals surface area contributed by atoms with Crippen LogP contribution in [-0.4, -0.2) is 26.3 Å². The van der Waals surface area contributed by atoms with E-state index in [9.17, 15) is 0 Å². The molecule has 0 aliphatic rings. The second kappa shape index (κ2) is 5.73. The number of aryl methyl sites for hydroxylation is 2. The average Bonchev–Trinajstić information content (AvgIpc) is 2.69. The van der Waals surface area contributed by atoms with Crippen LogP contribution in [0, 0.1) is 13.8 Å². The van der Waals surface area contributed by atoms with Gasteiger partial charge in [0.25, 0.3) is 0 Å². The van der Waals surface area contributed by atoms with Gasteiger partial charge in [-0.3, -0.25) is 4.98 Å². The highest BCUT2D eigenvalue weighted by Crippen LogP contribution is 2.13. The predicted molar refractivity (Wildman–Crippen MR) is 70.6 cm³/mol. The third-order valence-corrected chi connectivity index (χ3v) is 2.73. The molecule has 96 valence electrons. The second-order valence-electron chi connectivity index (χ2n) is 4.30. The van der Waals surface area contributed by atoms with Crippen molar-refractivity contribution in [2.24, 2.45) is 0 Å². The Morgan fingerprint density at radius 1 is 1.33 bits per heavy atom. The second-order valence-corrected chi connectivity index (χ2v) is 4.30. The molecule has 18 heavy (non-hydrogen) atoms. The molecule has 0 bridgehead atoms. The zero-order chi connectivity index (χ0) is 13.0. The van der Waals surface area contributed by atoms with Crippen LogP contribution in [0.4, 0.5) is 0 Å². The number of nitrogens with zero attached hydrogens (tertiary/aromatic N) is 4. The average molecular weight is 245 g/mol. The van der Waals surface area contributed by atoms with Gasteiger partial charge in [-0.1, -0.05) is 6.92 Å². The summed E-state index contributed by atoms with van der Waals surface area (Å²) in [7, 11) is 0. The van der Waals surface area contributed by atoms with Crippen LogP contribution in [0.1, 0.15) is 30.6 Å². The van der Waals surface area contributed by atoms with Crippen molar-refractivity contribution in [1.82, 2.24) is 25.1 Å². The topological polar surface area (TPSA) is 55.6 Å². The molecule has 2 rings (SSSR count). The van der Waals surface area contributed by atoms with E-state index in [0.717, 1.165) is 36.8 Å². The Balaban J connectivity index is 2.29. The molecular formula is C13H19N5. The number of pyridine rings is 1. The van der Waals surface area contributed by atoms with E-state index in [2.05, 4.69) is 27.3 Å². The fourth-order valence-electron chi connectivity index (χ4n) is 1.90. The summed E-state index contributed by atoms with van der Waals surface area (Å²) in [6, 6.07) is 2.02. The summed E-state index contributed by atoms with van der Waals surface area (Å²) in [6.07, 6.45) is 4.78. The Morgan fingerprint density at radius 3 is 2.83 bits per heavy atom. The van der Waals surface area contributed by atoms with Gasteiger partial charge >= 0.3 is 0 Å². The third kappa shape index (κ3) is 2.73. The summed E-state index contributed by atoms with van der Waals surface area (Å²) < 4.78 is 1.85. The summed E-state index contributed by atoms with van der Waals surface area (Å²) in [5.41, 5.74) is 2.19. The lowest BCUT2D eigenvalue weighted by Crippen LogP contribution is -2.16. The van der Waals surface area contributed by atoms with Gasteiger partial charge in [0.05, 0.1) is 11.9 Å². The van der Waals surface area contributed by atoms with Gasteiger partial charge < -0.3 is 5.32 Å². The highest BCUT2D eigenvalue weighted by atomic mass is 15.3. The number of aromatic nitrogens is 4. The number of hydrogen-bond acceptors (Lipinski definition) is 4. The lowest BCUT2D eigenvalue weighted by Gasteiger charge is -2.10. The van der Waals surface area contributed by atoms with Crippen LogP contribution in [0.25, 0.3) is 5.69 Å². The van der Waals surface area contributed by atoms with Gasteiger partial charge in [0, 0.05) is 12.7 Å². The Hall–Kier alpha value is -1.75. The SMILES string of the molecule is CCCNCc1ccncc1-n1nc(C)nc1C. The van der Waals surface area contributed by atoms with E-state index in [0.29, 0.717) is 0 Å². The van der Waals surface area contributed by atoms with Crippen molar-refractivity contribution in [2.45, 2.75) is 33.7 Å². The van der Waals surface area contributed by atoms with Gasteiger partial charge in [0.15, 0.2) is 0 Å². The molecule has 0 spiro atoms. The molecule has 0 amide bonds. The Morgan fingerprint density at radius 2 is 2.17 bits per heavy atom. The van der Waals surface area contributed by atoms with E-state index in [-0.39, 0.29) is 0 Å². The van der Waals surface area contributed by atoms with E-state index in [4.69, 9.17) is 0 Å². The van der Waals surface area contributed by atoms with Crippen molar-refractivity contribution in [3.05, 3.63) is 35.7 Å². The smallest absolute Gasteiger partial charge is 0.148 e. The maximum Gasteiger partial charge on any atom is 0.148 e. The Labute approximate surface area is 107 Å². The summed E-state index contributed by atoms with van der Waals surface area (Å²) >= 11 is 0. The standard InChI is InChI=1S/C13H19N5/c1-4-6-14-8-12-5-7-15-9-13(12)18-11(3)16-10(2)17-18/h5,7,9,14H,4,6,8H2,1-3H3. The first-order valence-corrected chi connectivity index (χ1v) is 6.26. The normalized spacial score (nSPS) is 10.8. The van der Waals surface area contributed by atoms with Crippen LogP contribution in [0.2, 0.25) is 0 Å². The van der Waals surface area contributed by atoms with E-state index in [1.54, 1.807) is 0 Å². The fraction of sp³-hybridized carbons (Fsp3) is 0.462. The number of nitrogens with one attached hydrogen (secondary N) is 1. The van der Waals surface area contributed by atoms with E-state index in [1.165, 1.54) is 5.56 Å². The Bertz CT molecular complexity index is 518. The van der Waals surface area contributed by atoms with E-state index < -0.39 is 0 Å². The lowest BCUT2D eigenvalue weighted by molar-refractivity contribution is 0.667. The molecule has 2 heterocycles. The van der Waals surface area contributed by atoms with Crippen molar-refractivity contribution < 1.29 is 0 Å². The van der Waals surface area contributed by atoms with Crippen LogP contribution in [0.5, 0.6) is 0 Å². The summed E-state index contributed by atoms with van der Waals surface area (Å²) in [6.45, 7) is 7.84. The number of rotatable bonds is 5. The van der Waals surface area contributed by atoms with Gasteiger partial charge in [-0.2, -0.15) is 5.10 Å². The molecule has 0 aliphatic carbocycles. The molecule has 2 aromatic heterocycles. The molecule has 2 aromatic rings. The zero-order valence-corrected chi connectivity index (χ0v) is 11.1. The van der Waals surface area contributed by atoms with Crippen LogP contribution < -0.4 is 5.32 Å². The van der Waals surface area contributed by atoms with Gasteiger partial charge in [0.2, 0.25) is 0 Å². The van der Waals surface area contributed by atoms with Gasteiger partial charge in [-0.25, -0.2) is 9.67 Å². The molecule has 0 fully saturated rings. The minimum Gasteiger partial charge on any atom is -0.313 e. The van der Waals surface area contributed by atoms with Crippen molar-refractivity contribution in [3.8, 4) is 5.69 Å². The van der Waals surface area contributed by atoms with Crippen LogP contribution in [0.3, 0.4) is 0 Å². The van der Waals surface area contributed by atoms with Crippen molar-refractivity contribution in [3.63, 3.8) is 0 Å². The van der Waals surface area contributed by atoms with E-state index in [1.807, 2.05) is 37.0 Å². The Kier molecular flexibility index (Phi) is 4.04. The minimum atomic E-state index is 0.781. The van der Waals surface area contributed by atoms with Crippen molar-refractivity contribution >= 4 is 0 Å². The highest BCUT2D eigenvalue weighted by Gasteiger charge is 2.09. The van der Waals surface area contributed by atoms with Crippen LogP contribution in [0.15, 0.2) is 18.5 Å². The van der Waals surface area contributed by atoms with Crippen LogP contribution >= 0.6 is 0 Å². The van der Waals surface area contributed by atoms with E-state index >= 15 is 0 Å². The fourth-order valence-corrected chi connectivity index (χ4v) is 1.90. The first-order valence-electron chi connectivity index (χ1n) is 6.26. The molecule has 0 aromatic carbocycles. The van der Waals surface area contributed by atoms with Gasteiger partial charge in [-0.15, -0.1) is 0 Å². The largest absolute Gasteiger partial charge is 0.313 e. The third-order valence-electron chi connectivity index (χ3n) is 2.73. The van der Waals surface area contributed by atoms with Crippen molar-refractivity contribution in [2.75, 3.05) is 6.54 Å². The molecule has 5 heteroatoms. The monoisotopic (exact) mass is 245 g/mol. The lowest BCUT2D eigenvalue weighted by atomic mass is 10.2. The predicted octanol–water partition coefficient (Wildman–Crippen LogP) is 1.78. The molecule has 0 unspecified atom stereocenters. The minimum absolute atomic E-state index is 0.781. The molecule has 1 N–H and O–H groups in total. The maximum absolute atomic E-state index is 4.41. The highest BCUT2D eigenvalue weighted by molar-refractivity contribution is 5.38. The number of hydrogen-bond donors (Lipinski definition) is 1. The first kappa shape index (κ1) is 12.7. The summed E-state index contributed by atoms with van der Waals surface area (Å²) in [5.74, 6) is 1.67. The molecule has 0 radical (unpaired) electrons. The van der Waals surface area contributed by atoms with Crippen molar-refractivity contribution in [1.29, 1.82) is 0 Å². The molecular weight excluding hydrogens is 226 g/mol. The van der Waals surface area contributed by atoms with Gasteiger partial charge in [0.1, 0.15) is 11.6 Å². The zero-order valence-electron chi connectivity index (χ0n) is 11.1. The molecule has 0 saturated heterocycles. The van der Waals surface area contributed by atoms with Crippen LogP contribution in [-0.2, 0) is 6.54 Å². The molecule has 0 atom stereocenters. The summed E-state index contributed by atoms with van der Waals surface area (Å²) in [4.78, 5) is 8.51. The molecule has 0 aliphatic heterocycles. The molecule has 5 nitrogen and oxygen atoms in total. The molecule has 0 saturated carbocycles. The first-order chi connectivity index (χ1) is 8.72. The maximum atomic E-state index is 4.41. The summed E-state index contributed by atoms with van der Waals surface area (Å²) in [5, 5.41) is 7.81.